The minimum atomic E-state index is -0.315. The molecule has 0 fully saturated rings. The second-order valence-corrected chi connectivity index (χ2v) is 4.99. The van der Waals surface area contributed by atoms with Gasteiger partial charge in [0.25, 0.3) is 0 Å². The van der Waals surface area contributed by atoms with E-state index in [2.05, 4.69) is 10.1 Å². The number of hydrogen-bond donors (Lipinski definition) is 0. The third-order valence-corrected chi connectivity index (χ3v) is 3.46. The van der Waals surface area contributed by atoms with Crippen LogP contribution in [0.25, 0.3) is 17.0 Å². The van der Waals surface area contributed by atoms with Crippen LogP contribution < -0.4 is 5.69 Å². The Morgan fingerprint density at radius 1 is 1.13 bits per heavy atom. The number of fused-ring (bicyclic) bond motifs is 1. The molecule has 114 valence electrons. The van der Waals surface area contributed by atoms with Crippen LogP contribution in [0.2, 0.25) is 0 Å². The van der Waals surface area contributed by atoms with Gasteiger partial charge in [-0.1, -0.05) is 6.07 Å². The summed E-state index contributed by atoms with van der Waals surface area (Å²) in [5.41, 5.74) is 1.01. The number of benzene rings is 1. The molecule has 4 aromatic rings. The minimum absolute atomic E-state index is 0.127. The molecule has 0 atom stereocenters. The molecule has 0 N–H and O–H groups in total. The number of aromatic nitrogens is 4. The predicted octanol–water partition coefficient (Wildman–Crippen LogP) is 2.34. The summed E-state index contributed by atoms with van der Waals surface area (Å²) in [5, 5.41) is 4.22. The lowest BCUT2D eigenvalue weighted by Gasteiger charge is -1.96. The van der Waals surface area contributed by atoms with Gasteiger partial charge in [0.1, 0.15) is 12.4 Å². The number of halogens is 1. The normalized spacial score (nSPS) is 11.2. The molecule has 6 nitrogen and oxygen atoms in total. The summed E-state index contributed by atoms with van der Waals surface area (Å²) in [4.78, 5) is 16.4. The summed E-state index contributed by atoms with van der Waals surface area (Å²) < 4.78 is 21.3. The molecule has 0 unspecified atom stereocenters. The van der Waals surface area contributed by atoms with Crippen molar-refractivity contribution in [1.82, 2.24) is 19.2 Å². The SMILES string of the molecule is O=c1n(Cc2ncc(-c3ccc(F)cc3)o2)nc2ccccn12. The molecule has 0 saturated carbocycles. The van der Waals surface area contributed by atoms with E-state index in [0.717, 1.165) is 0 Å². The van der Waals surface area contributed by atoms with Crippen LogP contribution in [0.5, 0.6) is 0 Å². The van der Waals surface area contributed by atoms with Crippen molar-refractivity contribution in [3.8, 4) is 11.3 Å². The van der Waals surface area contributed by atoms with Gasteiger partial charge in [-0.15, -0.1) is 5.10 Å². The van der Waals surface area contributed by atoms with E-state index in [9.17, 15) is 9.18 Å². The van der Waals surface area contributed by atoms with Gasteiger partial charge >= 0.3 is 5.69 Å². The first-order valence-corrected chi connectivity index (χ1v) is 6.95. The monoisotopic (exact) mass is 310 g/mol. The smallest absolute Gasteiger partial charge is 0.350 e. The van der Waals surface area contributed by atoms with Crippen LogP contribution in [-0.4, -0.2) is 19.2 Å². The Bertz CT molecular complexity index is 1030. The highest BCUT2D eigenvalue weighted by molar-refractivity contribution is 5.55. The van der Waals surface area contributed by atoms with Crippen LogP contribution in [0.3, 0.4) is 0 Å². The topological polar surface area (TPSA) is 65.3 Å². The second kappa shape index (κ2) is 5.20. The molecule has 0 aliphatic heterocycles. The van der Waals surface area contributed by atoms with Crippen molar-refractivity contribution >= 4 is 5.65 Å². The molecule has 0 spiro atoms. The standard InChI is InChI=1S/C16H11FN4O2/c17-12-6-4-11(5-7-12)13-9-18-15(23-13)10-21-16(22)20-8-2-1-3-14(20)19-21/h1-9H,10H2. The molecule has 0 amide bonds. The first-order chi connectivity index (χ1) is 11.2. The lowest BCUT2D eigenvalue weighted by molar-refractivity contribution is 0.469. The Balaban J connectivity index is 1.65. The molecule has 0 saturated heterocycles. The maximum atomic E-state index is 12.9. The fraction of sp³-hybridized carbons (Fsp3) is 0.0625. The number of oxazole rings is 1. The molecular weight excluding hydrogens is 299 g/mol. The van der Waals surface area contributed by atoms with E-state index in [4.69, 9.17) is 4.42 Å². The Morgan fingerprint density at radius 3 is 2.74 bits per heavy atom. The third kappa shape index (κ3) is 2.42. The van der Waals surface area contributed by atoms with E-state index in [1.165, 1.54) is 21.2 Å². The van der Waals surface area contributed by atoms with Crippen LogP contribution in [0.4, 0.5) is 4.39 Å². The van der Waals surface area contributed by atoms with Crippen molar-refractivity contribution in [2.75, 3.05) is 0 Å². The summed E-state index contributed by atoms with van der Waals surface area (Å²) in [6, 6.07) is 11.2. The molecule has 0 radical (unpaired) electrons. The van der Waals surface area contributed by atoms with Crippen molar-refractivity contribution in [1.29, 1.82) is 0 Å². The zero-order chi connectivity index (χ0) is 15.8. The molecule has 3 aromatic heterocycles. The maximum Gasteiger partial charge on any atom is 0.350 e. The summed E-state index contributed by atoms with van der Waals surface area (Å²) in [6.07, 6.45) is 3.20. The number of pyridine rings is 1. The van der Waals surface area contributed by atoms with Gasteiger partial charge in [-0.3, -0.25) is 4.40 Å². The first-order valence-electron chi connectivity index (χ1n) is 6.95. The molecule has 0 aliphatic rings. The Hall–Kier alpha value is -3.22. The summed E-state index contributed by atoms with van der Waals surface area (Å²) >= 11 is 0. The van der Waals surface area contributed by atoms with E-state index in [1.54, 1.807) is 36.7 Å². The third-order valence-electron chi connectivity index (χ3n) is 3.46. The van der Waals surface area contributed by atoms with Gasteiger partial charge in [0.15, 0.2) is 11.4 Å². The van der Waals surface area contributed by atoms with Crippen LogP contribution in [-0.2, 0) is 6.54 Å². The van der Waals surface area contributed by atoms with E-state index in [0.29, 0.717) is 22.9 Å². The quantitative estimate of drug-likeness (QED) is 0.582. The Labute approximate surface area is 129 Å². The van der Waals surface area contributed by atoms with Gasteiger partial charge in [-0.05, 0) is 36.4 Å². The van der Waals surface area contributed by atoms with Crippen LogP contribution in [0.15, 0.2) is 64.1 Å². The first kappa shape index (κ1) is 13.4. The van der Waals surface area contributed by atoms with Crippen molar-refractivity contribution < 1.29 is 8.81 Å². The van der Waals surface area contributed by atoms with E-state index >= 15 is 0 Å². The van der Waals surface area contributed by atoms with E-state index in [-0.39, 0.29) is 18.1 Å². The second-order valence-electron chi connectivity index (χ2n) is 4.99. The van der Waals surface area contributed by atoms with Gasteiger partial charge < -0.3 is 4.42 Å². The molecule has 23 heavy (non-hydrogen) atoms. The van der Waals surface area contributed by atoms with Crippen molar-refractivity contribution in [2.24, 2.45) is 0 Å². The average molecular weight is 310 g/mol. The highest BCUT2D eigenvalue weighted by Crippen LogP contribution is 2.20. The van der Waals surface area contributed by atoms with Crippen molar-refractivity contribution in [2.45, 2.75) is 6.54 Å². The van der Waals surface area contributed by atoms with Crippen LogP contribution in [0.1, 0.15) is 5.89 Å². The van der Waals surface area contributed by atoms with Crippen molar-refractivity contribution in [3.05, 3.63) is 77.1 Å². The minimum Gasteiger partial charge on any atom is -0.439 e. The Kier molecular flexibility index (Phi) is 3.04. The fourth-order valence-electron chi connectivity index (χ4n) is 2.33. The van der Waals surface area contributed by atoms with Crippen molar-refractivity contribution in [3.63, 3.8) is 0 Å². The van der Waals surface area contributed by atoms with Crippen LogP contribution >= 0.6 is 0 Å². The molecule has 0 aliphatic carbocycles. The largest absolute Gasteiger partial charge is 0.439 e. The maximum absolute atomic E-state index is 12.9. The highest BCUT2D eigenvalue weighted by atomic mass is 19.1. The number of nitrogens with zero attached hydrogens (tertiary/aromatic N) is 4. The lowest BCUT2D eigenvalue weighted by atomic mass is 10.2. The fourth-order valence-corrected chi connectivity index (χ4v) is 2.33. The lowest BCUT2D eigenvalue weighted by Crippen LogP contribution is -2.21. The summed E-state index contributed by atoms with van der Waals surface area (Å²) in [5.74, 6) is 0.552. The molecular formula is C16H11FN4O2. The summed E-state index contributed by atoms with van der Waals surface area (Å²) in [6.45, 7) is 0.127. The van der Waals surface area contributed by atoms with Crippen LogP contribution in [0, 0.1) is 5.82 Å². The van der Waals surface area contributed by atoms with Gasteiger partial charge in [0, 0.05) is 11.8 Å². The van der Waals surface area contributed by atoms with Gasteiger partial charge in [0.05, 0.1) is 6.20 Å². The molecule has 1 aromatic carbocycles. The molecule has 4 rings (SSSR count). The molecule has 0 bridgehead atoms. The van der Waals surface area contributed by atoms with Gasteiger partial charge in [0.2, 0.25) is 5.89 Å². The Morgan fingerprint density at radius 2 is 1.96 bits per heavy atom. The summed E-state index contributed by atoms with van der Waals surface area (Å²) in [7, 11) is 0. The van der Waals surface area contributed by atoms with E-state index in [1.807, 2.05) is 6.07 Å². The highest BCUT2D eigenvalue weighted by Gasteiger charge is 2.11. The van der Waals surface area contributed by atoms with Gasteiger partial charge in [-0.2, -0.15) is 0 Å². The average Bonchev–Trinajstić information content (AvgIpc) is 3.15. The zero-order valence-corrected chi connectivity index (χ0v) is 11.9. The van der Waals surface area contributed by atoms with Gasteiger partial charge in [-0.25, -0.2) is 18.9 Å². The number of rotatable bonds is 3. The molecule has 7 heteroatoms. The predicted molar refractivity (Wildman–Crippen MR) is 80.5 cm³/mol. The number of hydrogen-bond acceptors (Lipinski definition) is 4. The molecule has 3 heterocycles. The zero-order valence-electron chi connectivity index (χ0n) is 11.9. The van der Waals surface area contributed by atoms with E-state index < -0.39 is 0 Å².